The van der Waals surface area contributed by atoms with E-state index in [0.29, 0.717) is 11.7 Å². The molecule has 0 aliphatic carbocycles. The lowest BCUT2D eigenvalue weighted by Gasteiger charge is -2.23. The average molecular weight is 499 g/mol. The lowest BCUT2D eigenvalue weighted by Crippen LogP contribution is -2.50. The predicted molar refractivity (Wildman–Crippen MR) is 127 cm³/mol. The molecule has 9 nitrogen and oxygen atoms in total. The summed E-state index contributed by atoms with van der Waals surface area (Å²) < 4.78 is 9.90. The van der Waals surface area contributed by atoms with Crippen molar-refractivity contribution in [3.63, 3.8) is 0 Å². The average Bonchev–Trinajstić information content (AvgIpc) is 3.32. The summed E-state index contributed by atoms with van der Waals surface area (Å²) in [5.74, 6) is -1.61. The number of carbonyl (C=O) groups excluding carboxylic acids is 4. The zero-order chi connectivity index (χ0) is 24.2. The van der Waals surface area contributed by atoms with Crippen molar-refractivity contribution in [2.75, 3.05) is 19.4 Å². The third-order valence-electron chi connectivity index (χ3n) is 5.01. The number of hydrogen-bond acceptors (Lipinski definition) is 9. The van der Waals surface area contributed by atoms with Gasteiger partial charge in [-0.05, 0) is 38.3 Å². The highest BCUT2D eigenvalue weighted by Crippen LogP contribution is 2.39. The summed E-state index contributed by atoms with van der Waals surface area (Å²) in [6.45, 7) is 1.07. The maximum Gasteiger partial charge on any atom is 0.332 e. The summed E-state index contributed by atoms with van der Waals surface area (Å²) in [6.07, 6.45) is 3.27. The van der Waals surface area contributed by atoms with Crippen LogP contribution in [0.25, 0.3) is 0 Å². The number of phenolic OH excluding ortho intramolecular Hbond substituents is 1. The summed E-state index contributed by atoms with van der Waals surface area (Å²) in [7, 11) is 4.95. The van der Waals surface area contributed by atoms with E-state index < -0.39 is 30.0 Å². The van der Waals surface area contributed by atoms with Gasteiger partial charge >= 0.3 is 11.9 Å². The lowest BCUT2D eigenvalue weighted by molar-refractivity contribution is -0.155. The van der Waals surface area contributed by atoms with Gasteiger partial charge in [0.2, 0.25) is 5.91 Å². The highest BCUT2D eigenvalue weighted by Gasteiger charge is 2.31. The number of unbranched alkanes of at least 4 members (excludes halogenated alkanes) is 1. The van der Waals surface area contributed by atoms with E-state index in [1.165, 1.54) is 31.2 Å². The molecule has 1 saturated heterocycles. The highest BCUT2D eigenvalue weighted by molar-refractivity contribution is 8.77. The fraction of sp³-hybridized carbons (Fsp3) is 0.545. The van der Waals surface area contributed by atoms with Crippen molar-refractivity contribution in [3.8, 4) is 5.75 Å². The number of nitrogens with one attached hydrogen (secondary N) is 2. The van der Waals surface area contributed by atoms with Crippen LogP contribution in [0.3, 0.4) is 0 Å². The number of esters is 2. The number of aromatic hydroxyl groups is 1. The Hall–Kier alpha value is -2.40. The molecule has 1 aromatic carbocycles. The van der Waals surface area contributed by atoms with Crippen LogP contribution in [-0.2, 0) is 23.9 Å². The molecule has 1 aliphatic rings. The van der Waals surface area contributed by atoms with Crippen LogP contribution < -0.4 is 10.6 Å². The summed E-state index contributed by atoms with van der Waals surface area (Å²) in [5, 5.41) is 15.4. The number of amides is 2. The molecule has 182 valence electrons. The van der Waals surface area contributed by atoms with Crippen molar-refractivity contribution in [1.82, 2.24) is 10.6 Å². The predicted octanol–water partition coefficient (Wildman–Crippen LogP) is 2.43. The molecule has 2 rings (SSSR count). The van der Waals surface area contributed by atoms with Gasteiger partial charge in [0, 0.05) is 17.4 Å². The van der Waals surface area contributed by atoms with Gasteiger partial charge in [0.15, 0.2) is 6.04 Å². The molecule has 0 saturated carbocycles. The van der Waals surface area contributed by atoms with Gasteiger partial charge in [-0.15, -0.1) is 0 Å². The number of carbonyl (C=O) groups is 4. The standard InChI is InChI=1S/C22H30N2O7S2/c1-14(20(22(29)30-2)24-21(28)16-8-4-5-9-17(16)25)31-19(27)13-23-18(26)10-6-3-7-15-11-12-32-33-15/h4-5,8-9,14-15,20,25H,3,6-7,10-13H2,1-2H3,(H,23,26)(H,24,28). The first-order valence-electron chi connectivity index (χ1n) is 10.7. The third kappa shape index (κ3) is 9.17. The minimum atomic E-state index is -1.30. The summed E-state index contributed by atoms with van der Waals surface area (Å²) >= 11 is 0. The summed E-state index contributed by atoms with van der Waals surface area (Å²) in [5.41, 5.74) is -0.0394. The highest BCUT2D eigenvalue weighted by atomic mass is 33.1. The molecule has 11 heteroatoms. The fourth-order valence-electron chi connectivity index (χ4n) is 3.18. The van der Waals surface area contributed by atoms with E-state index in [4.69, 9.17) is 9.47 Å². The topological polar surface area (TPSA) is 131 Å². The van der Waals surface area contributed by atoms with Gasteiger partial charge in [0.25, 0.3) is 5.91 Å². The zero-order valence-corrected chi connectivity index (χ0v) is 20.3. The largest absolute Gasteiger partial charge is 0.507 e. The first-order valence-corrected chi connectivity index (χ1v) is 13.1. The van der Waals surface area contributed by atoms with Crippen LogP contribution in [-0.4, -0.2) is 65.7 Å². The molecule has 3 atom stereocenters. The molecule has 1 heterocycles. The molecule has 3 unspecified atom stereocenters. The summed E-state index contributed by atoms with van der Waals surface area (Å²) in [4.78, 5) is 48.7. The van der Waals surface area contributed by atoms with Gasteiger partial charge in [-0.3, -0.25) is 14.4 Å². The van der Waals surface area contributed by atoms with Crippen molar-refractivity contribution in [1.29, 1.82) is 0 Å². The van der Waals surface area contributed by atoms with Crippen LogP contribution in [0.4, 0.5) is 0 Å². The number of methoxy groups -OCH3 is 1. The molecular weight excluding hydrogens is 468 g/mol. The molecule has 0 bridgehead atoms. The SMILES string of the molecule is COC(=O)C(NC(=O)c1ccccc1O)C(C)OC(=O)CNC(=O)CCCCC1CCSS1. The Morgan fingerprint density at radius 1 is 1.21 bits per heavy atom. The first kappa shape index (κ1) is 26.8. The maximum atomic E-state index is 12.4. The number of hydrogen-bond donors (Lipinski definition) is 3. The van der Waals surface area contributed by atoms with Gasteiger partial charge in [0.05, 0.1) is 12.7 Å². The molecule has 1 aromatic rings. The first-order chi connectivity index (χ1) is 15.8. The van der Waals surface area contributed by atoms with E-state index in [1.54, 1.807) is 12.1 Å². The van der Waals surface area contributed by atoms with E-state index in [9.17, 15) is 24.3 Å². The number of para-hydroxylation sites is 1. The number of rotatable bonds is 12. The molecule has 33 heavy (non-hydrogen) atoms. The van der Waals surface area contributed by atoms with Gasteiger partial charge < -0.3 is 25.2 Å². The smallest absolute Gasteiger partial charge is 0.332 e. The van der Waals surface area contributed by atoms with E-state index in [2.05, 4.69) is 10.6 Å². The Kier molecular flexibility index (Phi) is 11.4. The normalized spacial score (nSPS) is 17.0. The second kappa shape index (κ2) is 14.0. The fourth-order valence-corrected chi connectivity index (χ4v) is 6.21. The van der Waals surface area contributed by atoms with Crippen molar-refractivity contribution in [2.24, 2.45) is 0 Å². The Bertz CT molecular complexity index is 831. The Morgan fingerprint density at radius 2 is 1.97 bits per heavy atom. The van der Waals surface area contributed by atoms with E-state index in [0.717, 1.165) is 26.4 Å². The van der Waals surface area contributed by atoms with Crippen molar-refractivity contribution >= 4 is 45.3 Å². The van der Waals surface area contributed by atoms with Gasteiger partial charge in [0.1, 0.15) is 18.4 Å². The number of phenols is 1. The van der Waals surface area contributed by atoms with Crippen LogP contribution in [0.15, 0.2) is 24.3 Å². The van der Waals surface area contributed by atoms with Crippen molar-refractivity contribution in [2.45, 2.75) is 56.4 Å². The Labute approximate surface area is 201 Å². The van der Waals surface area contributed by atoms with Crippen LogP contribution in [0.1, 0.15) is 49.4 Å². The second-order valence-electron chi connectivity index (χ2n) is 7.54. The zero-order valence-electron chi connectivity index (χ0n) is 18.7. The Balaban J connectivity index is 1.76. The molecule has 2 amide bonds. The van der Waals surface area contributed by atoms with Gasteiger partial charge in [-0.2, -0.15) is 0 Å². The van der Waals surface area contributed by atoms with Crippen LogP contribution >= 0.6 is 21.6 Å². The molecular formula is C22H30N2O7S2. The monoisotopic (exact) mass is 498 g/mol. The van der Waals surface area contributed by atoms with Gasteiger partial charge in [-0.1, -0.05) is 40.1 Å². The number of benzene rings is 1. The van der Waals surface area contributed by atoms with E-state index in [-0.39, 0.29) is 23.8 Å². The van der Waals surface area contributed by atoms with Crippen molar-refractivity contribution in [3.05, 3.63) is 29.8 Å². The minimum absolute atomic E-state index is 0.0394. The minimum Gasteiger partial charge on any atom is -0.507 e. The van der Waals surface area contributed by atoms with Crippen molar-refractivity contribution < 1.29 is 33.8 Å². The number of ether oxygens (including phenoxy) is 2. The van der Waals surface area contributed by atoms with E-state index in [1.807, 2.05) is 21.6 Å². The quantitative estimate of drug-likeness (QED) is 0.226. The summed E-state index contributed by atoms with van der Waals surface area (Å²) in [6, 6.07) is 4.53. The molecule has 0 aromatic heterocycles. The van der Waals surface area contributed by atoms with Crippen LogP contribution in [0, 0.1) is 0 Å². The Morgan fingerprint density at radius 3 is 2.64 bits per heavy atom. The van der Waals surface area contributed by atoms with Crippen LogP contribution in [0.2, 0.25) is 0 Å². The van der Waals surface area contributed by atoms with Crippen LogP contribution in [0.5, 0.6) is 5.75 Å². The third-order valence-corrected chi connectivity index (χ3v) is 8.02. The van der Waals surface area contributed by atoms with Gasteiger partial charge in [-0.25, -0.2) is 4.79 Å². The second-order valence-corrected chi connectivity index (χ2v) is 10.3. The molecule has 1 fully saturated rings. The lowest BCUT2D eigenvalue weighted by atomic mass is 10.1. The molecule has 0 spiro atoms. The maximum absolute atomic E-state index is 12.4. The molecule has 1 aliphatic heterocycles. The van der Waals surface area contributed by atoms with E-state index >= 15 is 0 Å². The molecule has 0 radical (unpaired) electrons. The molecule has 3 N–H and O–H groups in total.